The molecule has 0 bridgehead atoms. The number of para-hydroxylation sites is 1. The quantitative estimate of drug-likeness (QED) is 0.160. The van der Waals surface area contributed by atoms with Crippen molar-refractivity contribution in [2.75, 3.05) is 0 Å². The summed E-state index contributed by atoms with van der Waals surface area (Å²) in [5.74, 6) is 3.50. The van der Waals surface area contributed by atoms with E-state index in [4.69, 9.17) is 9.47 Å². The van der Waals surface area contributed by atoms with Crippen LogP contribution in [0.3, 0.4) is 0 Å². The molecule has 0 radical (unpaired) electrons. The first-order valence-corrected chi connectivity index (χ1v) is 18.8. The monoisotopic (exact) mass is 687 g/mol. The molecular weight excluding hydrogens is 657 g/mol. The Kier molecular flexibility index (Phi) is 5.33. The number of hydrogen-bond donors (Lipinski definition) is 0. The van der Waals surface area contributed by atoms with Crippen LogP contribution in [0.4, 0.5) is 0 Å². The Morgan fingerprint density at radius 2 is 1.09 bits per heavy atom. The number of hydrogen-bond acceptors (Lipinski definition) is 2. The van der Waals surface area contributed by atoms with Gasteiger partial charge >= 0.3 is 0 Å². The van der Waals surface area contributed by atoms with Gasteiger partial charge in [0, 0.05) is 28.0 Å². The van der Waals surface area contributed by atoms with E-state index in [0.717, 1.165) is 39.6 Å². The lowest BCUT2D eigenvalue weighted by atomic mass is 9.35. The summed E-state index contributed by atoms with van der Waals surface area (Å²) in [5, 5.41) is 2.56. The van der Waals surface area contributed by atoms with Crippen molar-refractivity contribution in [2.24, 2.45) is 0 Å². The molecule has 4 heteroatoms. The summed E-state index contributed by atoms with van der Waals surface area (Å²) in [6.07, 6.45) is 0. The van der Waals surface area contributed by atoms with Crippen molar-refractivity contribution in [3.8, 4) is 50.9 Å². The lowest BCUT2D eigenvalue weighted by Gasteiger charge is -2.33. The van der Waals surface area contributed by atoms with Gasteiger partial charge in [-0.25, -0.2) is 0 Å². The predicted molar refractivity (Wildman–Crippen MR) is 220 cm³/mol. The van der Waals surface area contributed by atoms with Gasteiger partial charge in [0.05, 0.1) is 16.4 Å². The highest BCUT2D eigenvalue weighted by atomic mass is 16.5. The molecule has 0 saturated heterocycles. The Hall–Kier alpha value is -6.78. The van der Waals surface area contributed by atoms with E-state index in [2.05, 4.69) is 157 Å². The van der Waals surface area contributed by atoms with Crippen LogP contribution in [0.1, 0.15) is 27.8 Å². The Morgan fingerprint density at radius 3 is 1.87 bits per heavy atom. The molecule has 0 fully saturated rings. The molecule has 3 heterocycles. The van der Waals surface area contributed by atoms with Crippen LogP contribution < -0.4 is 25.9 Å². The Labute approximate surface area is 312 Å². The lowest BCUT2D eigenvalue weighted by molar-refractivity contribution is 0.464. The summed E-state index contributed by atoms with van der Waals surface area (Å²) in [7, 11) is 0. The van der Waals surface area contributed by atoms with Gasteiger partial charge < -0.3 is 14.0 Å². The average molecular weight is 688 g/mol. The van der Waals surface area contributed by atoms with Gasteiger partial charge in [0.15, 0.2) is 0 Å². The van der Waals surface area contributed by atoms with Gasteiger partial charge in [-0.1, -0.05) is 121 Å². The largest absolute Gasteiger partial charge is 0.458 e. The van der Waals surface area contributed by atoms with Crippen molar-refractivity contribution < 1.29 is 9.47 Å². The van der Waals surface area contributed by atoms with Crippen LogP contribution in [-0.2, 0) is 5.41 Å². The molecule has 0 saturated carbocycles. The topological polar surface area (TPSA) is 23.4 Å². The minimum Gasteiger partial charge on any atom is -0.458 e. The van der Waals surface area contributed by atoms with Crippen molar-refractivity contribution in [2.45, 2.75) is 12.3 Å². The third-order valence-corrected chi connectivity index (χ3v) is 12.6. The second-order valence-electron chi connectivity index (χ2n) is 15.2. The van der Waals surface area contributed by atoms with Crippen LogP contribution >= 0.6 is 0 Å². The first-order chi connectivity index (χ1) is 26.7. The highest BCUT2D eigenvalue weighted by Crippen LogP contribution is 2.64. The molecule has 0 N–H and O–H groups in total. The maximum atomic E-state index is 6.78. The highest BCUT2D eigenvalue weighted by Gasteiger charge is 2.52. The number of aryl methyl sites for hydroxylation is 1. The first-order valence-electron chi connectivity index (χ1n) is 18.8. The molecule has 0 amide bonds. The molecule has 2 aliphatic carbocycles. The van der Waals surface area contributed by atoms with Gasteiger partial charge in [-0.3, -0.25) is 0 Å². The fraction of sp³-hybridized carbons (Fsp3) is 0.0400. The lowest BCUT2D eigenvalue weighted by Crippen LogP contribution is -2.57. The molecule has 0 atom stereocenters. The molecule has 1 spiro atoms. The van der Waals surface area contributed by atoms with Crippen molar-refractivity contribution in [1.29, 1.82) is 0 Å². The maximum Gasteiger partial charge on any atom is 0.260 e. The summed E-state index contributed by atoms with van der Waals surface area (Å²) >= 11 is 0. The molecule has 8 aromatic carbocycles. The number of fused-ring (bicyclic) bond motifs is 18. The first kappa shape index (κ1) is 28.8. The molecular formula is C50H30BNO2. The zero-order valence-corrected chi connectivity index (χ0v) is 29.4. The van der Waals surface area contributed by atoms with Gasteiger partial charge in [-0.15, -0.1) is 0 Å². The van der Waals surface area contributed by atoms with Crippen molar-refractivity contribution in [3.05, 3.63) is 192 Å². The van der Waals surface area contributed by atoms with E-state index in [1.807, 2.05) is 18.2 Å². The van der Waals surface area contributed by atoms with E-state index in [1.165, 1.54) is 77.3 Å². The summed E-state index contributed by atoms with van der Waals surface area (Å²) in [5.41, 5.74) is 18.5. The number of nitrogens with zero attached hydrogens (tertiary/aromatic N) is 1. The zero-order chi connectivity index (χ0) is 35.3. The van der Waals surface area contributed by atoms with Gasteiger partial charge in [0.1, 0.15) is 23.0 Å². The third kappa shape index (κ3) is 3.36. The normalized spacial score (nSPS) is 14.4. The molecule has 2 aliphatic heterocycles. The summed E-state index contributed by atoms with van der Waals surface area (Å²) in [6, 6.07) is 60.2. The average Bonchev–Trinajstić information content (AvgIpc) is 3.82. The van der Waals surface area contributed by atoms with Gasteiger partial charge in [-0.2, -0.15) is 0 Å². The number of rotatable bonds is 1. The fourth-order valence-electron chi connectivity index (χ4n) is 10.6. The van der Waals surface area contributed by atoms with Crippen LogP contribution in [0.15, 0.2) is 164 Å². The van der Waals surface area contributed by atoms with E-state index in [-0.39, 0.29) is 6.71 Å². The molecule has 13 rings (SSSR count). The number of aromatic nitrogens is 1. The summed E-state index contributed by atoms with van der Waals surface area (Å²) in [6.45, 7) is 2.24. The molecule has 1 aromatic heterocycles. The van der Waals surface area contributed by atoms with E-state index in [9.17, 15) is 0 Å². The van der Waals surface area contributed by atoms with E-state index >= 15 is 0 Å². The zero-order valence-electron chi connectivity index (χ0n) is 29.4. The third-order valence-electron chi connectivity index (χ3n) is 12.6. The number of ether oxygens (including phenoxy) is 2. The highest BCUT2D eigenvalue weighted by molar-refractivity contribution is 6.98. The molecule has 250 valence electrons. The Bertz CT molecular complexity index is 3110. The SMILES string of the molecule is Cc1ccc2c(c1)c1c3c(ccc1n2-c1ccc2c(c1)Oc1cccc4c1B2c1ccccc1O4)C1(c2ccccc2-c2ccccc21)c1ccccc1-3. The molecule has 0 unspecified atom stereocenters. The van der Waals surface area contributed by atoms with Crippen LogP contribution in [0.2, 0.25) is 0 Å². The standard InChI is InChI=1S/C50H30BNO2/c1-29-21-25-41-34(27-29)48-42(52(41)30-22-24-40-46(28-30)54-45-20-10-19-44-49(45)51(40)39-17-8-9-18-43(39)53-44)26-23-38-47(48)33-13-4-7-16-37(33)50(38)35-14-5-2-11-31(35)32-12-3-6-15-36(32)50/h2-28H,1H3. The Balaban J connectivity index is 1.09. The van der Waals surface area contributed by atoms with Gasteiger partial charge in [0.2, 0.25) is 0 Å². The van der Waals surface area contributed by atoms with Crippen LogP contribution in [0.25, 0.3) is 49.7 Å². The second-order valence-corrected chi connectivity index (χ2v) is 15.2. The second kappa shape index (κ2) is 10.0. The summed E-state index contributed by atoms with van der Waals surface area (Å²) in [4.78, 5) is 0. The molecule has 4 aliphatic rings. The predicted octanol–water partition coefficient (Wildman–Crippen LogP) is 10.2. The van der Waals surface area contributed by atoms with Crippen LogP contribution in [-0.4, -0.2) is 11.3 Å². The van der Waals surface area contributed by atoms with Crippen molar-refractivity contribution >= 4 is 44.9 Å². The van der Waals surface area contributed by atoms with E-state index < -0.39 is 5.41 Å². The maximum absolute atomic E-state index is 6.78. The Morgan fingerprint density at radius 1 is 0.481 bits per heavy atom. The minimum atomic E-state index is -0.391. The van der Waals surface area contributed by atoms with Crippen molar-refractivity contribution in [1.82, 2.24) is 4.57 Å². The van der Waals surface area contributed by atoms with Crippen LogP contribution in [0.5, 0.6) is 23.0 Å². The molecule has 3 nitrogen and oxygen atoms in total. The smallest absolute Gasteiger partial charge is 0.260 e. The van der Waals surface area contributed by atoms with E-state index in [0.29, 0.717) is 0 Å². The van der Waals surface area contributed by atoms with Gasteiger partial charge in [-0.05, 0) is 105 Å². The minimum absolute atomic E-state index is 0.0351. The van der Waals surface area contributed by atoms with E-state index in [1.54, 1.807) is 0 Å². The van der Waals surface area contributed by atoms with Crippen LogP contribution in [0, 0.1) is 6.92 Å². The molecule has 54 heavy (non-hydrogen) atoms. The summed E-state index contributed by atoms with van der Waals surface area (Å²) < 4.78 is 15.6. The van der Waals surface area contributed by atoms with Crippen molar-refractivity contribution in [3.63, 3.8) is 0 Å². The van der Waals surface area contributed by atoms with Gasteiger partial charge in [0.25, 0.3) is 6.71 Å². The molecule has 9 aromatic rings. The number of benzene rings is 8. The fourth-order valence-corrected chi connectivity index (χ4v) is 10.6.